The molecule has 3 rings (SSSR count). The van der Waals surface area contributed by atoms with Crippen LogP contribution < -0.4 is 4.74 Å². The van der Waals surface area contributed by atoms with Crippen LogP contribution in [0.15, 0.2) is 66.7 Å². The van der Waals surface area contributed by atoms with E-state index >= 15 is 0 Å². The molecule has 164 valence electrons. The van der Waals surface area contributed by atoms with E-state index in [2.05, 4.69) is 30.3 Å². The topological polar surface area (TPSA) is 47.9 Å². The fourth-order valence-corrected chi connectivity index (χ4v) is 3.71. The molecular formula is C27H32O4. The first-order chi connectivity index (χ1) is 15.1. The molecule has 0 aromatic heterocycles. The molecule has 3 aromatic carbocycles. The average Bonchev–Trinajstić information content (AvgIpc) is 2.78. The molecule has 0 spiro atoms. The van der Waals surface area contributed by atoms with Crippen LogP contribution in [0.1, 0.15) is 45.9 Å². The lowest BCUT2D eigenvalue weighted by molar-refractivity contribution is 0.0486. The molecule has 0 saturated carbocycles. The third-order valence-corrected chi connectivity index (χ3v) is 5.26. The molecule has 0 aliphatic heterocycles. The van der Waals surface area contributed by atoms with Crippen molar-refractivity contribution in [1.29, 1.82) is 0 Å². The Balaban J connectivity index is 1.57. The predicted molar refractivity (Wildman–Crippen MR) is 123 cm³/mol. The van der Waals surface area contributed by atoms with Gasteiger partial charge in [0.25, 0.3) is 0 Å². The quantitative estimate of drug-likeness (QED) is 0.328. The summed E-state index contributed by atoms with van der Waals surface area (Å²) in [7, 11) is 1.59. The van der Waals surface area contributed by atoms with Crippen LogP contribution in [0.2, 0.25) is 0 Å². The molecule has 0 aliphatic carbocycles. The van der Waals surface area contributed by atoms with Crippen LogP contribution >= 0.6 is 0 Å². The molecular weight excluding hydrogens is 388 g/mol. The number of rotatable bonds is 11. The Morgan fingerprint density at radius 1 is 0.903 bits per heavy atom. The van der Waals surface area contributed by atoms with Gasteiger partial charge in [0.1, 0.15) is 11.9 Å². The normalized spacial score (nSPS) is 12.0. The smallest absolute Gasteiger partial charge is 0.188 e. The minimum absolute atomic E-state index is 0.147. The molecule has 0 fully saturated rings. The van der Waals surface area contributed by atoms with E-state index in [1.54, 1.807) is 7.11 Å². The number of aryl methyl sites for hydroxylation is 3. The van der Waals surface area contributed by atoms with E-state index in [0.29, 0.717) is 12.4 Å². The average molecular weight is 421 g/mol. The Kier molecular flexibility index (Phi) is 8.65. The van der Waals surface area contributed by atoms with Crippen molar-refractivity contribution in [2.45, 2.75) is 39.4 Å². The molecule has 4 heteroatoms. The molecule has 4 nitrogen and oxygen atoms in total. The first-order valence-corrected chi connectivity index (χ1v) is 10.7. The summed E-state index contributed by atoms with van der Waals surface area (Å²) in [6.07, 6.45) is 1.15. The van der Waals surface area contributed by atoms with Crippen LogP contribution in [-0.4, -0.2) is 25.6 Å². The highest BCUT2D eigenvalue weighted by Crippen LogP contribution is 2.34. The molecule has 0 amide bonds. The van der Waals surface area contributed by atoms with Crippen molar-refractivity contribution >= 4 is 0 Å². The lowest BCUT2D eigenvalue weighted by atomic mass is 9.94. The zero-order valence-electron chi connectivity index (χ0n) is 18.6. The van der Waals surface area contributed by atoms with Crippen LogP contribution in [0.25, 0.3) is 0 Å². The second-order valence-corrected chi connectivity index (χ2v) is 7.83. The second kappa shape index (κ2) is 11.7. The standard InChI is InChI=1S/C27H32O4/c1-20-16-21(2)26(25(17-20)31-19-29-3)27(28)24-13-11-22(12-14-24)10-7-15-30-18-23-8-5-4-6-9-23/h4-6,8-9,11-14,16-17,27-28H,7,10,15,18-19H2,1-3H3. The van der Waals surface area contributed by atoms with Crippen LogP contribution in [0.5, 0.6) is 5.75 Å². The number of hydrogen-bond donors (Lipinski definition) is 1. The summed E-state index contributed by atoms with van der Waals surface area (Å²) >= 11 is 0. The van der Waals surface area contributed by atoms with Gasteiger partial charge in [0.05, 0.1) is 6.61 Å². The maximum atomic E-state index is 11.0. The Morgan fingerprint density at radius 3 is 2.35 bits per heavy atom. The van der Waals surface area contributed by atoms with Crippen molar-refractivity contribution in [3.05, 3.63) is 100 Å². The van der Waals surface area contributed by atoms with Gasteiger partial charge in [-0.15, -0.1) is 0 Å². The predicted octanol–water partition coefficient (Wildman–Crippen LogP) is 5.52. The van der Waals surface area contributed by atoms with Gasteiger partial charge in [-0.3, -0.25) is 0 Å². The molecule has 1 unspecified atom stereocenters. The first-order valence-electron chi connectivity index (χ1n) is 10.7. The fraction of sp³-hybridized carbons (Fsp3) is 0.333. The molecule has 31 heavy (non-hydrogen) atoms. The summed E-state index contributed by atoms with van der Waals surface area (Å²) < 4.78 is 16.5. The second-order valence-electron chi connectivity index (χ2n) is 7.83. The van der Waals surface area contributed by atoms with Crippen molar-refractivity contribution in [2.75, 3.05) is 20.5 Å². The van der Waals surface area contributed by atoms with E-state index in [4.69, 9.17) is 14.2 Å². The molecule has 0 heterocycles. The van der Waals surface area contributed by atoms with Gasteiger partial charge in [-0.1, -0.05) is 60.7 Å². The van der Waals surface area contributed by atoms with Crippen molar-refractivity contribution in [3.8, 4) is 5.75 Å². The van der Waals surface area contributed by atoms with Gasteiger partial charge in [0, 0.05) is 19.3 Å². The van der Waals surface area contributed by atoms with Gasteiger partial charge in [-0.25, -0.2) is 0 Å². The highest BCUT2D eigenvalue weighted by Gasteiger charge is 2.19. The SMILES string of the molecule is COCOc1cc(C)cc(C)c1C(O)c1ccc(CCCOCc2ccccc2)cc1. The van der Waals surface area contributed by atoms with Crippen LogP contribution in [0.3, 0.4) is 0 Å². The highest BCUT2D eigenvalue weighted by atomic mass is 16.7. The zero-order chi connectivity index (χ0) is 22.1. The maximum absolute atomic E-state index is 11.0. The van der Waals surface area contributed by atoms with Crippen LogP contribution in [-0.2, 0) is 22.5 Å². The van der Waals surface area contributed by atoms with Gasteiger partial charge in [-0.05, 0) is 60.6 Å². The molecule has 0 radical (unpaired) electrons. The summed E-state index contributed by atoms with van der Waals surface area (Å²) in [5.74, 6) is 0.659. The Morgan fingerprint density at radius 2 is 1.65 bits per heavy atom. The number of benzene rings is 3. The van der Waals surface area contributed by atoms with E-state index in [1.807, 2.05) is 50.2 Å². The van der Waals surface area contributed by atoms with Crippen LogP contribution in [0, 0.1) is 13.8 Å². The summed E-state index contributed by atoms with van der Waals surface area (Å²) in [4.78, 5) is 0. The Hall–Kier alpha value is -2.66. The summed E-state index contributed by atoms with van der Waals surface area (Å²) in [5, 5.41) is 11.0. The van der Waals surface area contributed by atoms with Crippen molar-refractivity contribution in [1.82, 2.24) is 0 Å². The minimum Gasteiger partial charge on any atom is -0.467 e. The lowest BCUT2D eigenvalue weighted by Crippen LogP contribution is -2.08. The summed E-state index contributed by atoms with van der Waals surface area (Å²) in [5.41, 5.74) is 6.14. The molecule has 0 bridgehead atoms. The molecule has 0 aliphatic rings. The third kappa shape index (κ3) is 6.66. The molecule has 3 aromatic rings. The fourth-order valence-electron chi connectivity index (χ4n) is 3.71. The molecule has 1 atom stereocenters. The highest BCUT2D eigenvalue weighted by molar-refractivity contribution is 5.48. The Labute approximate surface area is 185 Å². The minimum atomic E-state index is -0.754. The van der Waals surface area contributed by atoms with E-state index in [1.165, 1.54) is 11.1 Å². The van der Waals surface area contributed by atoms with Crippen LogP contribution in [0.4, 0.5) is 0 Å². The van der Waals surface area contributed by atoms with Gasteiger partial charge in [0.2, 0.25) is 0 Å². The largest absolute Gasteiger partial charge is 0.467 e. The van der Waals surface area contributed by atoms with Gasteiger partial charge in [-0.2, -0.15) is 0 Å². The van der Waals surface area contributed by atoms with E-state index < -0.39 is 6.10 Å². The van der Waals surface area contributed by atoms with Gasteiger partial charge >= 0.3 is 0 Å². The van der Waals surface area contributed by atoms with Crippen molar-refractivity contribution < 1.29 is 19.3 Å². The first kappa shape index (κ1) is 23.0. The summed E-state index contributed by atoms with van der Waals surface area (Å²) in [6.45, 7) is 5.53. The lowest BCUT2D eigenvalue weighted by Gasteiger charge is -2.20. The number of methoxy groups -OCH3 is 1. The number of aliphatic hydroxyl groups excluding tert-OH is 1. The van der Waals surface area contributed by atoms with Gasteiger partial charge < -0.3 is 19.3 Å². The van der Waals surface area contributed by atoms with Gasteiger partial charge in [0.15, 0.2) is 6.79 Å². The zero-order valence-corrected chi connectivity index (χ0v) is 18.6. The molecule has 1 N–H and O–H groups in total. The van der Waals surface area contributed by atoms with Crippen molar-refractivity contribution in [2.24, 2.45) is 0 Å². The van der Waals surface area contributed by atoms with Crippen molar-refractivity contribution in [3.63, 3.8) is 0 Å². The maximum Gasteiger partial charge on any atom is 0.188 e. The monoisotopic (exact) mass is 420 g/mol. The van der Waals surface area contributed by atoms with E-state index in [-0.39, 0.29) is 6.79 Å². The molecule has 0 saturated heterocycles. The number of aliphatic hydroxyl groups is 1. The Bertz CT molecular complexity index is 935. The van der Waals surface area contributed by atoms with E-state index in [9.17, 15) is 5.11 Å². The van der Waals surface area contributed by atoms with E-state index in [0.717, 1.165) is 41.7 Å². The third-order valence-electron chi connectivity index (χ3n) is 5.26. The number of ether oxygens (including phenoxy) is 3. The number of hydrogen-bond acceptors (Lipinski definition) is 4. The summed E-state index contributed by atoms with van der Waals surface area (Å²) in [6, 6.07) is 22.3.